The molecule has 0 bridgehead atoms. The Morgan fingerprint density at radius 2 is 2.27 bits per heavy atom. The van der Waals surface area contributed by atoms with Crippen molar-refractivity contribution in [1.82, 2.24) is 4.90 Å². The molecule has 0 aromatic rings. The van der Waals surface area contributed by atoms with E-state index in [1.807, 2.05) is 0 Å². The van der Waals surface area contributed by atoms with E-state index >= 15 is 0 Å². The summed E-state index contributed by atoms with van der Waals surface area (Å²) in [5, 5.41) is 0. The number of carbonyl (C=O) groups excluding carboxylic acids is 1. The van der Waals surface area contributed by atoms with E-state index in [1.165, 1.54) is 26.5 Å². The van der Waals surface area contributed by atoms with E-state index in [-0.39, 0.29) is 11.4 Å². The summed E-state index contributed by atoms with van der Waals surface area (Å²) in [7, 11) is 3.68. The molecule has 3 nitrogen and oxygen atoms in total. The van der Waals surface area contributed by atoms with Crippen LogP contribution in [-0.2, 0) is 9.53 Å². The van der Waals surface area contributed by atoms with Crippen molar-refractivity contribution >= 4 is 5.97 Å². The first-order valence-corrected chi connectivity index (χ1v) is 5.93. The first-order valence-electron chi connectivity index (χ1n) is 5.93. The van der Waals surface area contributed by atoms with Gasteiger partial charge < -0.3 is 9.64 Å². The highest BCUT2D eigenvalue weighted by molar-refractivity contribution is 5.77. The Labute approximate surface area is 91.8 Å². The van der Waals surface area contributed by atoms with E-state index in [0.717, 1.165) is 25.8 Å². The standard InChI is InChI=1S/C12H21NO2/c1-13-7-4-10(9-13)8-12(5-3-6-12)11(14)15-2/h10H,3-9H2,1-2H3. The second-order valence-electron chi connectivity index (χ2n) is 5.25. The van der Waals surface area contributed by atoms with Gasteiger partial charge in [-0.25, -0.2) is 0 Å². The average Bonchev–Trinajstić information content (AvgIpc) is 2.56. The lowest BCUT2D eigenvalue weighted by atomic mass is 9.64. The molecule has 1 aliphatic carbocycles. The Bertz CT molecular complexity index is 248. The molecule has 2 aliphatic rings. The van der Waals surface area contributed by atoms with Gasteiger partial charge in [0, 0.05) is 6.54 Å². The number of methoxy groups -OCH3 is 1. The molecular formula is C12H21NO2. The van der Waals surface area contributed by atoms with Gasteiger partial charge in [-0.3, -0.25) is 4.79 Å². The molecule has 0 aromatic heterocycles. The molecule has 0 N–H and O–H groups in total. The molecule has 3 heteroatoms. The first kappa shape index (κ1) is 10.9. The molecule has 2 rings (SSSR count). The number of ether oxygens (including phenoxy) is 1. The third-order valence-corrected chi connectivity index (χ3v) is 4.10. The molecule has 1 saturated heterocycles. The predicted octanol–water partition coefficient (Wildman–Crippen LogP) is 1.67. The van der Waals surface area contributed by atoms with Crippen LogP contribution in [0.5, 0.6) is 0 Å². The predicted molar refractivity (Wildman–Crippen MR) is 58.5 cm³/mol. The summed E-state index contributed by atoms with van der Waals surface area (Å²) in [6, 6.07) is 0. The van der Waals surface area contributed by atoms with Crippen LogP contribution in [0.15, 0.2) is 0 Å². The lowest BCUT2D eigenvalue weighted by Gasteiger charge is -2.40. The normalized spacial score (nSPS) is 29.9. The van der Waals surface area contributed by atoms with Gasteiger partial charge in [-0.1, -0.05) is 6.42 Å². The fourth-order valence-electron chi connectivity index (χ4n) is 3.06. The number of hydrogen-bond donors (Lipinski definition) is 0. The van der Waals surface area contributed by atoms with Crippen LogP contribution in [0.1, 0.15) is 32.1 Å². The maximum absolute atomic E-state index is 11.7. The summed E-state index contributed by atoms with van der Waals surface area (Å²) in [6.45, 7) is 2.33. The van der Waals surface area contributed by atoms with E-state index < -0.39 is 0 Å². The monoisotopic (exact) mass is 211 g/mol. The van der Waals surface area contributed by atoms with E-state index in [0.29, 0.717) is 5.92 Å². The second kappa shape index (κ2) is 4.12. The summed E-state index contributed by atoms with van der Waals surface area (Å²) in [6.07, 6.45) is 5.57. The van der Waals surface area contributed by atoms with Gasteiger partial charge >= 0.3 is 5.97 Å². The zero-order valence-electron chi connectivity index (χ0n) is 9.79. The van der Waals surface area contributed by atoms with Crippen molar-refractivity contribution in [3.8, 4) is 0 Å². The highest BCUT2D eigenvalue weighted by Gasteiger charge is 2.46. The van der Waals surface area contributed by atoms with Crippen molar-refractivity contribution in [2.24, 2.45) is 11.3 Å². The SMILES string of the molecule is COC(=O)C1(CC2CCN(C)C2)CCC1. The van der Waals surface area contributed by atoms with Crippen molar-refractivity contribution < 1.29 is 9.53 Å². The number of hydrogen-bond acceptors (Lipinski definition) is 3. The Morgan fingerprint density at radius 1 is 1.53 bits per heavy atom. The van der Waals surface area contributed by atoms with Gasteiger partial charge in [-0.05, 0) is 45.2 Å². The average molecular weight is 211 g/mol. The van der Waals surface area contributed by atoms with Crippen LogP contribution in [-0.4, -0.2) is 38.1 Å². The van der Waals surface area contributed by atoms with Crippen LogP contribution in [0.2, 0.25) is 0 Å². The van der Waals surface area contributed by atoms with Gasteiger partial charge in [0.05, 0.1) is 12.5 Å². The van der Waals surface area contributed by atoms with Crippen LogP contribution in [0.3, 0.4) is 0 Å². The Hall–Kier alpha value is -0.570. The zero-order valence-corrected chi connectivity index (χ0v) is 9.79. The highest BCUT2D eigenvalue weighted by atomic mass is 16.5. The maximum Gasteiger partial charge on any atom is 0.311 e. The largest absolute Gasteiger partial charge is 0.469 e. The third-order valence-electron chi connectivity index (χ3n) is 4.10. The molecule has 1 heterocycles. The lowest BCUT2D eigenvalue weighted by Crippen LogP contribution is -2.40. The molecule has 15 heavy (non-hydrogen) atoms. The Balaban J connectivity index is 1.93. The number of likely N-dealkylation sites (tertiary alicyclic amines) is 1. The van der Waals surface area contributed by atoms with Crippen LogP contribution in [0.25, 0.3) is 0 Å². The summed E-state index contributed by atoms with van der Waals surface area (Å²) in [5.41, 5.74) is -0.107. The van der Waals surface area contributed by atoms with E-state index in [4.69, 9.17) is 4.74 Å². The van der Waals surface area contributed by atoms with Crippen molar-refractivity contribution in [1.29, 1.82) is 0 Å². The van der Waals surface area contributed by atoms with E-state index in [1.54, 1.807) is 0 Å². The third kappa shape index (κ3) is 2.03. The van der Waals surface area contributed by atoms with Crippen molar-refractivity contribution in [2.75, 3.05) is 27.2 Å². The number of nitrogens with zero attached hydrogens (tertiary/aromatic N) is 1. The summed E-state index contributed by atoms with van der Waals surface area (Å²) in [5.74, 6) is 0.734. The van der Waals surface area contributed by atoms with Crippen LogP contribution < -0.4 is 0 Å². The summed E-state index contributed by atoms with van der Waals surface area (Å²) >= 11 is 0. The van der Waals surface area contributed by atoms with Gasteiger partial charge in [0.2, 0.25) is 0 Å². The van der Waals surface area contributed by atoms with Crippen molar-refractivity contribution in [3.05, 3.63) is 0 Å². The fraction of sp³-hybridized carbons (Fsp3) is 0.917. The smallest absolute Gasteiger partial charge is 0.311 e. The lowest BCUT2D eigenvalue weighted by molar-refractivity contribution is -0.160. The van der Waals surface area contributed by atoms with Crippen molar-refractivity contribution in [2.45, 2.75) is 32.1 Å². The molecule has 0 radical (unpaired) electrons. The Kier molecular flexibility index (Phi) is 3.01. The number of carbonyl (C=O) groups is 1. The molecule has 1 unspecified atom stereocenters. The topological polar surface area (TPSA) is 29.5 Å². The minimum atomic E-state index is -0.107. The Morgan fingerprint density at radius 3 is 2.67 bits per heavy atom. The van der Waals surface area contributed by atoms with Gasteiger partial charge in [0.25, 0.3) is 0 Å². The molecule has 1 saturated carbocycles. The van der Waals surface area contributed by atoms with Gasteiger partial charge in [0.15, 0.2) is 0 Å². The van der Waals surface area contributed by atoms with Crippen LogP contribution in [0, 0.1) is 11.3 Å². The minimum absolute atomic E-state index is 0.0308. The second-order valence-corrected chi connectivity index (χ2v) is 5.25. The molecule has 86 valence electrons. The molecular weight excluding hydrogens is 190 g/mol. The molecule has 0 amide bonds. The van der Waals surface area contributed by atoms with E-state index in [9.17, 15) is 4.79 Å². The first-order chi connectivity index (χ1) is 7.16. The minimum Gasteiger partial charge on any atom is -0.469 e. The van der Waals surface area contributed by atoms with Gasteiger partial charge in [0.1, 0.15) is 0 Å². The highest BCUT2D eigenvalue weighted by Crippen LogP contribution is 2.48. The van der Waals surface area contributed by atoms with Crippen LogP contribution >= 0.6 is 0 Å². The van der Waals surface area contributed by atoms with Crippen LogP contribution in [0.4, 0.5) is 0 Å². The van der Waals surface area contributed by atoms with Crippen molar-refractivity contribution in [3.63, 3.8) is 0 Å². The summed E-state index contributed by atoms with van der Waals surface area (Å²) in [4.78, 5) is 14.1. The zero-order chi connectivity index (χ0) is 10.9. The van der Waals surface area contributed by atoms with Gasteiger partial charge in [-0.15, -0.1) is 0 Å². The number of rotatable bonds is 3. The molecule has 1 atom stereocenters. The molecule has 0 spiro atoms. The number of esters is 1. The summed E-state index contributed by atoms with van der Waals surface area (Å²) < 4.78 is 4.94. The van der Waals surface area contributed by atoms with Gasteiger partial charge in [-0.2, -0.15) is 0 Å². The molecule has 2 fully saturated rings. The van der Waals surface area contributed by atoms with E-state index in [2.05, 4.69) is 11.9 Å². The maximum atomic E-state index is 11.7. The molecule has 1 aliphatic heterocycles. The fourth-order valence-corrected chi connectivity index (χ4v) is 3.06. The molecule has 0 aromatic carbocycles. The quantitative estimate of drug-likeness (QED) is 0.665.